The summed E-state index contributed by atoms with van der Waals surface area (Å²) < 4.78 is 30.2. The zero-order valence-electron chi connectivity index (χ0n) is 15.7. The third kappa shape index (κ3) is 5.61. The minimum absolute atomic E-state index is 0.168. The Morgan fingerprint density at radius 3 is 2.44 bits per heavy atom. The fourth-order valence-electron chi connectivity index (χ4n) is 2.75. The maximum atomic E-state index is 12.7. The number of carbonyl (C=O) groups excluding carboxylic acids is 1. The van der Waals surface area contributed by atoms with Gasteiger partial charge < -0.3 is 10.1 Å². The van der Waals surface area contributed by atoms with Crippen LogP contribution in [0.5, 0.6) is 5.75 Å². The Balaban J connectivity index is 2.20. The lowest BCUT2D eigenvalue weighted by molar-refractivity contribution is 0.0935. The molecule has 0 unspecified atom stereocenters. The molecule has 0 aliphatic rings. The monoisotopic (exact) mass is 410 g/mol. The van der Waals surface area contributed by atoms with E-state index in [0.717, 1.165) is 23.1 Å². The van der Waals surface area contributed by atoms with Crippen LogP contribution in [0.2, 0.25) is 5.02 Å². The molecular formula is C19H23ClN2O4S. The molecule has 27 heavy (non-hydrogen) atoms. The number of anilines is 1. The van der Waals surface area contributed by atoms with E-state index in [-0.39, 0.29) is 22.5 Å². The van der Waals surface area contributed by atoms with Crippen LogP contribution in [0.25, 0.3) is 0 Å². The molecule has 0 heterocycles. The number of hydrogen-bond acceptors (Lipinski definition) is 4. The van der Waals surface area contributed by atoms with E-state index in [1.165, 1.54) is 18.2 Å². The van der Waals surface area contributed by atoms with Gasteiger partial charge in [-0.15, -0.1) is 0 Å². The van der Waals surface area contributed by atoms with Crippen molar-refractivity contribution in [1.82, 2.24) is 5.32 Å². The molecule has 0 saturated heterocycles. The first-order chi connectivity index (χ1) is 12.6. The quantitative estimate of drug-likeness (QED) is 0.724. The summed E-state index contributed by atoms with van der Waals surface area (Å²) in [5, 5.41) is 3.14. The molecule has 2 aromatic rings. The number of aryl methyl sites for hydroxylation is 1. The zero-order valence-corrected chi connectivity index (χ0v) is 17.2. The second kappa shape index (κ2) is 8.63. The van der Waals surface area contributed by atoms with Gasteiger partial charge in [0.1, 0.15) is 5.75 Å². The predicted octanol–water partition coefficient (Wildman–Crippen LogP) is 3.91. The first-order valence-electron chi connectivity index (χ1n) is 8.37. The smallest absolute Gasteiger partial charge is 0.253 e. The summed E-state index contributed by atoms with van der Waals surface area (Å²) >= 11 is 6.18. The van der Waals surface area contributed by atoms with Crippen LogP contribution in [0.1, 0.15) is 40.9 Å². The van der Waals surface area contributed by atoms with E-state index in [0.29, 0.717) is 12.1 Å². The highest BCUT2D eigenvalue weighted by Gasteiger charge is 2.18. The SMILES string of the molecule is CC[C@H](NC(=O)c1ccc(NS(C)(=O)=O)cc1Cl)c1ccc(OC)c(C)c1. The van der Waals surface area contributed by atoms with Crippen molar-refractivity contribution < 1.29 is 17.9 Å². The Morgan fingerprint density at radius 1 is 1.22 bits per heavy atom. The number of methoxy groups -OCH3 is 1. The summed E-state index contributed by atoms with van der Waals surface area (Å²) in [5.74, 6) is 0.461. The van der Waals surface area contributed by atoms with E-state index in [9.17, 15) is 13.2 Å². The van der Waals surface area contributed by atoms with Gasteiger partial charge in [-0.25, -0.2) is 8.42 Å². The van der Waals surface area contributed by atoms with Gasteiger partial charge >= 0.3 is 0 Å². The van der Waals surface area contributed by atoms with E-state index in [1.54, 1.807) is 7.11 Å². The molecule has 2 N–H and O–H groups in total. The number of amides is 1. The molecule has 0 spiro atoms. The van der Waals surface area contributed by atoms with Crippen LogP contribution in [-0.2, 0) is 10.0 Å². The highest BCUT2D eigenvalue weighted by molar-refractivity contribution is 7.92. The zero-order chi connectivity index (χ0) is 20.2. The Labute approximate surface area is 164 Å². The fraction of sp³-hybridized carbons (Fsp3) is 0.316. The van der Waals surface area contributed by atoms with Crippen LogP contribution in [0.4, 0.5) is 5.69 Å². The highest BCUT2D eigenvalue weighted by atomic mass is 35.5. The fourth-order valence-corrected chi connectivity index (χ4v) is 3.57. The van der Waals surface area contributed by atoms with E-state index in [4.69, 9.17) is 16.3 Å². The summed E-state index contributed by atoms with van der Waals surface area (Å²) in [6.07, 6.45) is 1.74. The van der Waals surface area contributed by atoms with Crippen LogP contribution >= 0.6 is 11.6 Å². The van der Waals surface area contributed by atoms with E-state index in [2.05, 4.69) is 10.0 Å². The predicted molar refractivity (Wildman–Crippen MR) is 108 cm³/mol. The Bertz CT molecular complexity index is 945. The number of rotatable bonds is 7. The number of nitrogens with one attached hydrogen (secondary N) is 2. The number of ether oxygens (including phenoxy) is 1. The molecular weight excluding hydrogens is 388 g/mol. The van der Waals surface area contributed by atoms with Crippen molar-refractivity contribution in [2.24, 2.45) is 0 Å². The highest BCUT2D eigenvalue weighted by Crippen LogP contribution is 2.26. The van der Waals surface area contributed by atoms with Crippen molar-refractivity contribution in [3.05, 3.63) is 58.1 Å². The van der Waals surface area contributed by atoms with Crippen molar-refractivity contribution >= 4 is 33.2 Å². The van der Waals surface area contributed by atoms with Crippen molar-refractivity contribution in [2.45, 2.75) is 26.3 Å². The average molecular weight is 411 g/mol. The van der Waals surface area contributed by atoms with Gasteiger partial charge in [0.2, 0.25) is 10.0 Å². The molecule has 0 aliphatic carbocycles. The molecule has 2 aromatic carbocycles. The van der Waals surface area contributed by atoms with E-state index < -0.39 is 10.0 Å². The first-order valence-corrected chi connectivity index (χ1v) is 10.6. The molecule has 1 amide bonds. The second-order valence-electron chi connectivity index (χ2n) is 6.23. The summed E-state index contributed by atoms with van der Waals surface area (Å²) in [5.41, 5.74) is 2.53. The van der Waals surface area contributed by atoms with Crippen LogP contribution in [0, 0.1) is 6.92 Å². The maximum Gasteiger partial charge on any atom is 0.253 e. The first kappa shape index (κ1) is 21.1. The van der Waals surface area contributed by atoms with Crippen molar-refractivity contribution in [2.75, 3.05) is 18.1 Å². The van der Waals surface area contributed by atoms with Gasteiger partial charge in [0, 0.05) is 5.69 Å². The summed E-state index contributed by atoms with van der Waals surface area (Å²) in [6.45, 7) is 3.92. The average Bonchev–Trinajstić information content (AvgIpc) is 2.58. The van der Waals surface area contributed by atoms with Gasteiger partial charge in [0.05, 0.1) is 30.0 Å². The number of carbonyl (C=O) groups is 1. The summed E-state index contributed by atoms with van der Waals surface area (Å²) in [7, 11) is -1.80. The normalized spacial score (nSPS) is 12.3. The van der Waals surface area contributed by atoms with Gasteiger partial charge in [-0.2, -0.15) is 0 Å². The molecule has 2 rings (SSSR count). The van der Waals surface area contributed by atoms with Crippen LogP contribution in [0.3, 0.4) is 0 Å². The van der Waals surface area contributed by atoms with Crippen molar-refractivity contribution in [3.8, 4) is 5.75 Å². The maximum absolute atomic E-state index is 12.7. The third-order valence-corrected chi connectivity index (χ3v) is 4.97. The lowest BCUT2D eigenvalue weighted by atomic mass is 10.0. The molecule has 0 fully saturated rings. The van der Waals surface area contributed by atoms with Gasteiger partial charge in [0.25, 0.3) is 5.91 Å². The lowest BCUT2D eigenvalue weighted by Gasteiger charge is -2.19. The molecule has 1 atom stereocenters. The number of sulfonamides is 1. The Morgan fingerprint density at radius 2 is 1.93 bits per heavy atom. The van der Waals surface area contributed by atoms with Crippen molar-refractivity contribution in [3.63, 3.8) is 0 Å². The number of benzene rings is 2. The molecule has 8 heteroatoms. The summed E-state index contributed by atoms with van der Waals surface area (Å²) in [4.78, 5) is 12.7. The molecule has 6 nitrogen and oxygen atoms in total. The summed E-state index contributed by atoms with van der Waals surface area (Å²) in [6, 6.07) is 9.99. The van der Waals surface area contributed by atoms with Gasteiger partial charge in [-0.3, -0.25) is 9.52 Å². The molecule has 0 bridgehead atoms. The Hall–Kier alpha value is -2.25. The van der Waals surface area contributed by atoms with E-state index in [1.807, 2.05) is 32.0 Å². The van der Waals surface area contributed by atoms with Gasteiger partial charge in [-0.05, 0) is 48.7 Å². The molecule has 0 radical (unpaired) electrons. The minimum atomic E-state index is -3.42. The molecule has 146 valence electrons. The molecule has 0 aliphatic heterocycles. The van der Waals surface area contributed by atoms with Crippen LogP contribution in [0.15, 0.2) is 36.4 Å². The minimum Gasteiger partial charge on any atom is -0.496 e. The van der Waals surface area contributed by atoms with Crippen molar-refractivity contribution in [1.29, 1.82) is 0 Å². The topological polar surface area (TPSA) is 84.5 Å². The van der Waals surface area contributed by atoms with Gasteiger partial charge in [-0.1, -0.05) is 30.7 Å². The van der Waals surface area contributed by atoms with Crippen LogP contribution in [-0.4, -0.2) is 27.7 Å². The van der Waals surface area contributed by atoms with E-state index >= 15 is 0 Å². The van der Waals surface area contributed by atoms with Gasteiger partial charge in [0.15, 0.2) is 0 Å². The molecule has 0 saturated carbocycles. The largest absolute Gasteiger partial charge is 0.496 e. The Kier molecular flexibility index (Phi) is 6.73. The lowest BCUT2D eigenvalue weighted by Crippen LogP contribution is -2.28. The number of hydrogen-bond donors (Lipinski definition) is 2. The third-order valence-electron chi connectivity index (χ3n) is 4.05. The second-order valence-corrected chi connectivity index (χ2v) is 8.39. The number of halogens is 1. The standard InChI is InChI=1S/C19H23ClN2O4S/c1-5-17(13-6-9-18(26-3)12(2)10-13)21-19(23)15-8-7-14(11-16(15)20)22-27(4,24)25/h6-11,17,22H,5H2,1-4H3,(H,21,23)/t17-/m0/s1. The molecule has 0 aromatic heterocycles. The van der Waals surface area contributed by atoms with Crippen LogP contribution < -0.4 is 14.8 Å².